The SMILES string of the molecule is Cc1cccc(C(=O)N[C@@]23CC(F)(F)[C@@H](C)[C@H](/C=C/c4ccc(-c5ccccc5C#N)cn4)[C@@H]2[C@@H](C)OC3=O)c1. The Morgan fingerprint density at radius 1 is 1.15 bits per heavy atom. The first-order valence-electron chi connectivity index (χ1n) is 13.2. The zero-order chi connectivity index (χ0) is 28.7. The number of carbonyl (C=O) groups excluding carboxylic acids is 2. The van der Waals surface area contributed by atoms with E-state index in [-0.39, 0.29) is 5.56 Å². The van der Waals surface area contributed by atoms with Crippen molar-refractivity contribution in [2.45, 2.75) is 44.8 Å². The Hall–Kier alpha value is -4.38. The normalized spacial score (nSPS) is 27.1. The molecule has 1 N–H and O–H groups in total. The van der Waals surface area contributed by atoms with Crippen molar-refractivity contribution in [3.8, 4) is 17.2 Å². The van der Waals surface area contributed by atoms with E-state index in [0.29, 0.717) is 11.3 Å². The van der Waals surface area contributed by atoms with E-state index in [2.05, 4.69) is 16.4 Å². The second-order valence-electron chi connectivity index (χ2n) is 10.7. The van der Waals surface area contributed by atoms with Gasteiger partial charge in [-0.05, 0) is 50.1 Å². The third-order valence-corrected chi connectivity index (χ3v) is 8.16. The third-order valence-electron chi connectivity index (χ3n) is 8.16. The Bertz CT molecular complexity index is 1530. The first-order valence-corrected chi connectivity index (χ1v) is 13.2. The number of benzene rings is 2. The minimum Gasteiger partial charge on any atom is -0.460 e. The van der Waals surface area contributed by atoms with Crippen molar-refractivity contribution in [2.75, 3.05) is 0 Å². The van der Waals surface area contributed by atoms with Gasteiger partial charge in [0.2, 0.25) is 0 Å². The molecule has 40 heavy (non-hydrogen) atoms. The molecule has 1 saturated heterocycles. The number of nitriles is 1. The highest BCUT2D eigenvalue weighted by atomic mass is 19.3. The molecular weight excluding hydrogens is 512 g/mol. The van der Waals surface area contributed by atoms with Crippen molar-refractivity contribution in [3.63, 3.8) is 0 Å². The average molecular weight is 542 g/mol. The van der Waals surface area contributed by atoms with Crippen LogP contribution in [0.25, 0.3) is 17.2 Å². The van der Waals surface area contributed by atoms with Gasteiger partial charge in [0.05, 0.1) is 17.3 Å². The highest BCUT2D eigenvalue weighted by molar-refractivity contribution is 5.99. The van der Waals surface area contributed by atoms with Crippen LogP contribution in [0.4, 0.5) is 8.78 Å². The number of hydrogen-bond acceptors (Lipinski definition) is 5. The summed E-state index contributed by atoms with van der Waals surface area (Å²) in [5.41, 5.74) is 1.82. The maximum atomic E-state index is 15.6. The standard InChI is InChI=1S/C32H29F2N3O3/c1-19-7-6-9-22(15-19)29(38)37-31-18-32(33,34)20(2)26(28(31)21(3)40-30(31)39)14-13-25-12-11-24(17-36-25)27-10-5-4-8-23(27)16-35/h4-15,17,20-21,26,28H,18H2,1-3H3,(H,37,38)/b14-13+/t20-,21+,26-,28-,31-/m0/s1. The highest BCUT2D eigenvalue weighted by Crippen LogP contribution is 2.55. The van der Waals surface area contributed by atoms with Crippen LogP contribution in [0, 0.1) is 36.0 Å². The molecule has 5 atom stereocenters. The lowest BCUT2D eigenvalue weighted by atomic mass is 9.60. The first kappa shape index (κ1) is 27.2. The maximum Gasteiger partial charge on any atom is 0.332 e. The molecule has 0 bridgehead atoms. The fourth-order valence-electron chi connectivity index (χ4n) is 6.07. The molecule has 1 amide bonds. The number of allylic oxidation sites excluding steroid dienone is 1. The van der Waals surface area contributed by atoms with Gasteiger partial charge in [-0.25, -0.2) is 13.6 Å². The van der Waals surface area contributed by atoms with Crippen LogP contribution in [0.2, 0.25) is 0 Å². The van der Waals surface area contributed by atoms with Crippen LogP contribution in [0.15, 0.2) is 72.9 Å². The van der Waals surface area contributed by atoms with E-state index in [1.165, 1.54) is 6.92 Å². The molecule has 2 fully saturated rings. The van der Waals surface area contributed by atoms with E-state index in [9.17, 15) is 14.9 Å². The molecule has 3 aromatic rings. The maximum absolute atomic E-state index is 15.6. The summed E-state index contributed by atoms with van der Waals surface area (Å²) in [4.78, 5) is 30.9. The van der Waals surface area contributed by atoms with Crippen LogP contribution >= 0.6 is 0 Å². The smallest absolute Gasteiger partial charge is 0.332 e. The van der Waals surface area contributed by atoms with Gasteiger partial charge in [-0.1, -0.05) is 55.0 Å². The van der Waals surface area contributed by atoms with Gasteiger partial charge in [-0.3, -0.25) is 9.78 Å². The highest BCUT2D eigenvalue weighted by Gasteiger charge is 2.68. The number of aryl methyl sites for hydroxylation is 1. The van der Waals surface area contributed by atoms with Gasteiger partial charge in [0.15, 0.2) is 5.54 Å². The topological polar surface area (TPSA) is 92.1 Å². The number of alkyl halides is 2. The van der Waals surface area contributed by atoms with Crippen molar-refractivity contribution in [1.82, 2.24) is 10.3 Å². The Kier molecular flexibility index (Phi) is 7.01. The summed E-state index contributed by atoms with van der Waals surface area (Å²) >= 11 is 0. The summed E-state index contributed by atoms with van der Waals surface area (Å²) < 4.78 is 36.6. The number of hydrogen-bond donors (Lipinski definition) is 1. The molecule has 1 aliphatic heterocycles. The molecule has 2 aromatic carbocycles. The van der Waals surface area contributed by atoms with E-state index in [1.54, 1.807) is 61.7 Å². The molecule has 204 valence electrons. The van der Waals surface area contributed by atoms with Crippen molar-refractivity contribution in [2.24, 2.45) is 17.8 Å². The summed E-state index contributed by atoms with van der Waals surface area (Å²) in [5, 5.41) is 12.1. The number of aromatic nitrogens is 1. The van der Waals surface area contributed by atoms with Crippen LogP contribution in [0.5, 0.6) is 0 Å². The number of halogens is 2. The molecular formula is C32H29F2N3O3. The molecule has 8 heteroatoms. The largest absolute Gasteiger partial charge is 0.460 e. The summed E-state index contributed by atoms with van der Waals surface area (Å²) in [6, 6.07) is 19.7. The number of fused-ring (bicyclic) bond motifs is 1. The fraction of sp³-hybridized carbons (Fsp3) is 0.312. The number of nitrogens with zero attached hydrogens (tertiary/aromatic N) is 2. The molecule has 1 aliphatic carbocycles. The van der Waals surface area contributed by atoms with Gasteiger partial charge in [-0.15, -0.1) is 0 Å². The van der Waals surface area contributed by atoms with Crippen LogP contribution in [-0.4, -0.2) is 34.4 Å². The van der Waals surface area contributed by atoms with Crippen LogP contribution in [0.1, 0.15) is 47.4 Å². The minimum absolute atomic E-state index is 0.289. The van der Waals surface area contributed by atoms with Gasteiger partial charge in [0.1, 0.15) is 6.10 Å². The van der Waals surface area contributed by atoms with E-state index >= 15 is 8.78 Å². The molecule has 0 radical (unpaired) electrons. The molecule has 2 aliphatic rings. The quantitative estimate of drug-likeness (QED) is 0.402. The van der Waals surface area contributed by atoms with Crippen molar-refractivity contribution in [1.29, 1.82) is 5.26 Å². The number of carbonyl (C=O) groups is 2. The summed E-state index contributed by atoms with van der Waals surface area (Å²) in [6.45, 7) is 4.97. The summed E-state index contributed by atoms with van der Waals surface area (Å²) in [5.74, 6) is -7.29. The Labute approximate surface area is 231 Å². The van der Waals surface area contributed by atoms with Gasteiger partial charge in [0.25, 0.3) is 11.8 Å². The van der Waals surface area contributed by atoms with E-state index in [1.807, 2.05) is 31.2 Å². The van der Waals surface area contributed by atoms with Gasteiger partial charge in [0, 0.05) is 41.1 Å². The molecule has 1 saturated carbocycles. The number of esters is 1. The van der Waals surface area contributed by atoms with Crippen LogP contribution < -0.4 is 5.32 Å². The number of amides is 1. The molecule has 2 heterocycles. The second-order valence-corrected chi connectivity index (χ2v) is 10.7. The lowest BCUT2D eigenvalue weighted by molar-refractivity contribution is -0.158. The van der Waals surface area contributed by atoms with E-state index in [0.717, 1.165) is 16.7 Å². The lowest BCUT2D eigenvalue weighted by Gasteiger charge is -2.47. The molecule has 0 spiro atoms. The molecule has 5 rings (SSSR count). The Balaban J connectivity index is 1.47. The van der Waals surface area contributed by atoms with Gasteiger partial charge in [-0.2, -0.15) is 5.26 Å². The number of ether oxygens (including phenoxy) is 1. The molecule has 1 aromatic heterocycles. The van der Waals surface area contributed by atoms with Gasteiger partial charge < -0.3 is 10.1 Å². The number of rotatable bonds is 5. The predicted octanol–water partition coefficient (Wildman–Crippen LogP) is 5.96. The predicted molar refractivity (Wildman–Crippen MR) is 146 cm³/mol. The third kappa shape index (κ3) is 4.77. The number of pyridine rings is 1. The van der Waals surface area contributed by atoms with E-state index < -0.39 is 53.6 Å². The average Bonchev–Trinajstić information content (AvgIpc) is 3.17. The van der Waals surface area contributed by atoms with Crippen molar-refractivity contribution >= 4 is 18.0 Å². The first-order chi connectivity index (χ1) is 19.1. The monoisotopic (exact) mass is 541 g/mol. The van der Waals surface area contributed by atoms with Crippen molar-refractivity contribution in [3.05, 3.63) is 95.3 Å². The number of nitrogens with one attached hydrogen (secondary N) is 1. The van der Waals surface area contributed by atoms with E-state index in [4.69, 9.17) is 4.74 Å². The van der Waals surface area contributed by atoms with Crippen LogP contribution in [0.3, 0.4) is 0 Å². The Morgan fingerprint density at radius 3 is 2.62 bits per heavy atom. The number of cyclic esters (lactones) is 1. The summed E-state index contributed by atoms with van der Waals surface area (Å²) in [6.07, 6.45) is 3.43. The molecule has 0 unspecified atom stereocenters. The zero-order valence-electron chi connectivity index (χ0n) is 22.4. The lowest BCUT2D eigenvalue weighted by Crippen LogP contribution is -2.66. The Morgan fingerprint density at radius 2 is 1.93 bits per heavy atom. The zero-order valence-corrected chi connectivity index (χ0v) is 22.4. The molecule has 6 nitrogen and oxygen atoms in total. The van der Waals surface area contributed by atoms with Crippen LogP contribution in [-0.2, 0) is 9.53 Å². The summed E-state index contributed by atoms with van der Waals surface area (Å²) in [7, 11) is 0. The van der Waals surface area contributed by atoms with Crippen molar-refractivity contribution < 1.29 is 23.1 Å². The minimum atomic E-state index is -3.24. The second kappa shape index (κ2) is 10.3. The fourth-order valence-corrected chi connectivity index (χ4v) is 6.07. The van der Waals surface area contributed by atoms with Gasteiger partial charge >= 0.3 is 5.97 Å².